The molecule has 1 heterocycles. The van der Waals surface area contributed by atoms with Gasteiger partial charge in [0, 0.05) is 12.1 Å². The van der Waals surface area contributed by atoms with E-state index < -0.39 is 0 Å². The van der Waals surface area contributed by atoms with Gasteiger partial charge < -0.3 is 5.73 Å². The maximum absolute atomic E-state index is 6.12. The quantitative estimate of drug-likeness (QED) is 0.908. The van der Waals surface area contributed by atoms with Crippen molar-refractivity contribution in [3.63, 3.8) is 0 Å². The lowest BCUT2D eigenvalue weighted by Gasteiger charge is -2.38. The normalized spacial score (nSPS) is 24.9. The summed E-state index contributed by atoms with van der Waals surface area (Å²) in [6, 6.07) is 7.92. The van der Waals surface area contributed by atoms with E-state index in [0.29, 0.717) is 18.0 Å². The number of nitrogens with two attached hydrogens (primary N) is 1. The van der Waals surface area contributed by atoms with E-state index in [1.807, 2.05) is 0 Å². The van der Waals surface area contributed by atoms with Crippen LogP contribution < -0.4 is 5.73 Å². The molecule has 1 aliphatic heterocycles. The van der Waals surface area contributed by atoms with E-state index in [-0.39, 0.29) is 0 Å². The van der Waals surface area contributed by atoms with Crippen molar-refractivity contribution in [3.8, 4) is 0 Å². The number of nitrogens with zero attached hydrogens (tertiary/aromatic N) is 1. The lowest BCUT2D eigenvalue weighted by molar-refractivity contribution is 0.121. The number of rotatable bonds is 3. The molecule has 0 radical (unpaired) electrons. The molecule has 0 aliphatic carbocycles. The zero-order valence-corrected chi connectivity index (χ0v) is 13.5. The molecule has 0 spiro atoms. The Bertz CT molecular complexity index is 439. The molecule has 2 heteroatoms. The fraction of sp³-hybridized carbons (Fsp3) is 0.667. The average Bonchev–Trinajstić information content (AvgIpc) is 2.63. The maximum atomic E-state index is 6.12. The van der Waals surface area contributed by atoms with Gasteiger partial charge in [-0.2, -0.15) is 0 Å². The average molecular weight is 274 g/mol. The summed E-state index contributed by atoms with van der Waals surface area (Å²) in [6.07, 6.45) is 3.88. The van der Waals surface area contributed by atoms with Crippen LogP contribution in [0.25, 0.3) is 0 Å². The Kier molecular flexibility index (Phi) is 5.22. The molecule has 1 aromatic rings. The van der Waals surface area contributed by atoms with Crippen molar-refractivity contribution in [3.05, 3.63) is 34.9 Å². The second-order valence-electron chi connectivity index (χ2n) is 6.63. The van der Waals surface area contributed by atoms with Crippen LogP contribution in [0.5, 0.6) is 0 Å². The lowest BCUT2D eigenvalue weighted by Crippen LogP contribution is -2.40. The molecule has 20 heavy (non-hydrogen) atoms. The highest BCUT2D eigenvalue weighted by atomic mass is 15.2. The van der Waals surface area contributed by atoms with Crippen molar-refractivity contribution in [2.45, 2.75) is 59.0 Å². The molecule has 1 saturated heterocycles. The number of benzene rings is 1. The summed E-state index contributed by atoms with van der Waals surface area (Å²) in [5.41, 5.74) is 10.4. The summed E-state index contributed by atoms with van der Waals surface area (Å²) >= 11 is 0. The Morgan fingerprint density at radius 1 is 1.25 bits per heavy atom. The van der Waals surface area contributed by atoms with Crippen LogP contribution in [0, 0.1) is 19.8 Å². The first-order valence-electron chi connectivity index (χ1n) is 8.07. The SMILES string of the molecule is Cc1ccc(C)c(C2C(CN)CCCCN2C(C)C)c1. The van der Waals surface area contributed by atoms with E-state index in [4.69, 9.17) is 5.73 Å². The Morgan fingerprint density at radius 2 is 2.00 bits per heavy atom. The molecule has 0 saturated carbocycles. The van der Waals surface area contributed by atoms with Gasteiger partial charge >= 0.3 is 0 Å². The Labute approximate surface area is 124 Å². The van der Waals surface area contributed by atoms with Gasteiger partial charge in [-0.3, -0.25) is 4.90 Å². The third-order valence-corrected chi connectivity index (χ3v) is 4.76. The largest absolute Gasteiger partial charge is 0.330 e. The Balaban J connectivity index is 2.45. The van der Waals surface area contributed by atoms with Gasteiger partial charge in [0.05, 0.1) is 0 Å². The summed E-state index contributed by atoms with van der Waals surface area (Å²) in [7, 11) is 0. The highest BCUT2D eigenvalue weighted by Crippen LogP contribution is 2.37. The summed E-state index contributed by atoms with van der Waals surface area (Å²) in [5.74, 6) is 0.584. The fourth-order valence-corrected chi connectivity index (χ4v) is 3.61. The molecule has 1 aromatic carbocycles. The molecular formula is C18H30N2. The molecule has 2 atom stereocenters. The van der Waals surface area contributed by atoms with E-state index in [2.05, 4.69) is 50.8 Å². The number of aryl methyl sites for hydroxylation is 2. The van der Waals surface area contributed by atoms with E-state index in [9.17, 15) is 0 Å². The van der Waals surface area contributed by atoms with Gasteiger partial charge in [-0.1, -0.05) is 30.2 Å². The zero-order valence-electron chi connectivity index (χ0n) is 13.5. The summed E-state index contributed by atoms with van der Waals surface area (Å²) < 4.78 is 0. The smallest absolute Gasteiger partial charge is 0.0393 e. The molecule has 0 bridgehead atoms. The topological polar surface area (TPSA) is 29.3 Å². The van der Waals surface area contributed by atoms with E-state index in [1.165, 1.54) is 42.5 Å². The highest BCUT2D eigenvalue weighted by Gasteiger charge is 2.32. The minimum absolute atomic E-state index is 0.488. The summed E-state index contributed by atoms with van der Waals surface area (Å²) in [4.78, 5) is 2.67. The van der Waals surface area contributed by atoms with E-state index in [1.54, 1.807) is 0 Å². The minimum atomic E-state index is 0.488. The molecule has 112 valence electrons. The predicted octanol–water partition coefficient (Wildman–Crippen LogP) is 3.81. The van der Waals surface area contributed by atoms with Crippen LogP contribution in [0.3, 0.4) is 0 Å². The molecule has 2 nitrogen and oxygen atoms in total. The van der Waals surface area contributed by atoms with Gasteiger partial charge in [-0.15, -0.1) is 0 Å². The second-order valence-corrected chi connectivity index (χ2v) is 6.63. The van der Waals surface area contributed by atoms with Gasteiger partial charge in [0.1, 0.15) is 0 Å². The highest BCUT2D eigenvalue weighted by molar-refractivity contribution is 5.34. The maximum Gasteiger partial charge on any atom is 0.0393 e. The van der Waals surface area contributed by atoms with E-state index in [0.717, 1.165) is 6.54 Å². The molecule has 2 N–H and O–H groups in total. The molecule has 2 rings (SSSR count). The summed E-state index contributed by atoms with van der Waals surface area (Å²) in [5, 5.41) is 0. The van der Waals surface area contributed by atoms with Crippen LogP contribution in [0.4, 0.5) is 0 Å². The van der Waals surface area contributed by atoms with Gasteiger partial charge in [-0.25, -0.2) is 0 Å². The van der Waals surface area contributed by atoms with Crippen LogP contribution >= 0.6 is 0 Å². The first-order chi connectivity index (χ1) is 9.54. The standard InChI is InChI=1S/C18H30N2/c1-13(2)20-10-6-5-7-16(12-19)18(20)17-11-14(3)8-9-15(17)4/h8-9,11,13,16,18H,5-7,10,12,19H2,1-4H3. The third-order valence-electron chi connectivity index (χ3n) is 4.76. The van der Waals surface area contributed by atoms with Crippen molar-refractivity contribution in [2.24, 2.45) is 11.7 Å². The van der Waals surface area contributed by atoms with Gasteiger partial charge in [0.25, 0.3) is 0 Å². The monoisotopic (exact) mass is 274 g/mol. The van der Waals surface area contributed by atoms with Crippen LogP contribution in [0.2, 0.25) is 0 Å². The van der Waals surface area contributed by atoms with Gasteiger partial charge in [-0.05, 0) is 70.7 Å². The molecule has 1 fully saturated rings. The van der Waals surface area contributed by atoms with Crippen LogP contribution in [0.15, 0.2) is 18.2 Å². The molecule has 2 unspecified atom stereocenters. The molecule has 0 aromatic heterocycles. The Morgan fingerprint density at radius 3 is 2.65 bits per heavy atom. The zero-order chi connectivity index (χ0) is 14.7. The summed E-state index contributed by atoms with van der Waals surface area (Å²) in [6.45, 7) is 11.1. The molecule has 0 amide bonds. The number of hydrogen-bond donors (Lipinski definition) is 1. The minimum Gasteiger partial charge on any atom is -0.330 e. The first kappa shape index (κ1) is 15.5. The lowest BCUT2D eigenvalue weighted by atomic mass is 9.86. The van der Waals surface area contributed by atoms with Crippen molar-refractivity contribution in [2.75, 3.05) is 13.1 Å². The molecular weight excluding hydrogens is 244 g/mol. The van der Waals surface area contributed by atoms with Crippen molar-refractivity contribution < 1.29 is 0 Å². The second kappa shape index (κ2) is 6.73. The fourth-order valence-electron chi connectivity index (χ4n) is 3.61. The van der Waals surface area contributed by atoms with Gasteiger partial charge in [0.2, 0.25) is 0 Å². The van der Waals surface area contributed by atoms with Gasteiger partial charge in [0.15, 0.2) is 0 Å². The molecule has 1 aliphatic rings. The van der Waals surface area contributed by atoms with Crippen LogP contribution in [-0.4, -0.2) is 24.0 Å². The van der Waals surface area contributed by atoms with Crippen molar-refractivity contribution in [1.82, 2.24) is 4.90 Å². The number of likely N-dealkylation sites (tertiary alicyclic amines) is 1. The van der Waals surface area contributed by atoms with Crippen LogP contribution in [0.1, 0.15) is 55.8 Å². The third kappa shape index (κ3) is 3.24. The Hall–Kier alpha value is -0.860. The number of hydrogen-bond acceptors (Lipinski definition) is 2. The van der Waals surface area contributed by atoms with Crippen LogP contribution in [-0.2, 0) is 0 Å². The van der Waals surface area contributed by atoms with Crippen molar-refractivity contribution >= 4 is 0 Å². The predicted molar refractivity (Wildman–Crippen MR) is 86.9 cm³/mol. The first-order valence-corrected chi connectivity index (χ1v) is 8.07. The van der Waals surface area contributed by atoms with E-state index >= 15 is 0 Å². The van der Waals surface area contributed by atoms with Crippen molar-refractivity contribution in [1.29, 1.82) is 0 Å².